The average Bonchev–Trinajstić information content (AvgIpc) is 3.39. The molecule has 3 heterocycles. The van der Waals surface area contributed by atoms with Gasteiger partial charge in [-0.1, -0.05) is 48.5 Å². The maximum Gasteiger partial charge on any atom is 0.249 e. The van der Waals surface area contributed by atoms with Gasteiger partial charge in [-0.2, -0.15) is 0 Å². The first kappa shape index (κ1) is 27.7. The lowest BCUT2D eigenvalue weighted by molar-refractivity contribution is -0.139. The summed E-state index contributed by atoms with van der Waals surface area (Å²) in [5.74, 6) is -1.08. The molecule has 2 fully saturated rings. The quantitative estimate of drug-likeness (QED) is 0.287. The topological polar surface area (TPSA) is 150 Å². The molecule has 5 atom stereocenters. The van der Waals surface area contributed by atoms with E-state index in [-0.39, 0.29) is 37.2 Å². The first-order valence-electron chi connectivity index (χ1n) is 13.8. The molecule has 40 heavy (non-hydrogen) atoms. The number of likely N-dealkylation sites (tertiary alicyclic amines) is 1. The van der Waals surface area contributed by atoms with Crippen LogP contribution in [0.25, 0.3) is 10.9 Å². The third kappa shape index (κ3) is 6.64. The Morgan fingerprint density at radius 2 is 1.88 bits per heavy atom. The van der Waals surface area contributed by atoms with E-state index < -0.39 is 30.1 Å². The van der Waals surface area contributed by atoms with E-state index in [2.05, 4.69) is 20.9 Å². The number of hydrogen-bond acceptors (Lipinski definition) is 7. The zero-order valence-corrected chi connectivity index (χ0v) is 22.3. The van der Waals surface area contributed by atoms with E-state index in [1.54, 1.807) is 6.20 Å². The molecule has 10 nitrogen and oxygen atoms in total. The number of benzene rings is 2. The number of carbonyl (C=O) groups excluding carboxylic acids is 3. The van der Waals surface area contributed by atoms with Gasteiger partial charge >= 0.3 is 0 Å². The highest BCUT2D eigenvalue weighted by Crippen LogP contribution is 2.24. The van der Waals surface area contributed by atoms with Crippen molar-refractivity contribution in [3.8, 4) is 0 Å². The minimum Gasteiger partial charge on any atom is -0.383 e. The number of amides is 3. The second-order valence-corrected chi connectivity index (χ2v) is 10.7. The number of carbonyl (C=O) groups is 3. The van der Waals surface area contributed by atoms with Gasteiger partial charge < -0.3 is 31.7 Å². The lowest BCUT2D eigenvalue weighted by atomic mass is 9.99. The summed E-state index contributed by atoms with van der Waals surface area (Å²) < 4.78 is 0. The second-order valence-electron chi connectivity index (χ2n) is 10.7. The number of piperidine rings is 1. The first-order valence-corrected chi connectivity index (χ1v) is 13.8. The van der Waals surface area contributed by atoms with Gasteiger partial charge in [-0.05, 0) is 56.3 Å². The number of nitrogens with zero attached hydrogens (tertiary/aromatic N) is 2. The summed E-state index contributed by atoms with van der Waals surface area (Å²) in [7, 11) is 0. The predicted octanol–water partition coefficient (Wildman–Crippen LogP) is 1.33. The molecule has 5 unspecified atom stereocenters. The minimum absolute atomic E-state index is 0.0935. The number of aryl methyl sites for hydroxylation is 1. The third-order valence-corrected chi connectivity index (χ3v) is 7.69. The van der Waals surface area contributed by atoms with Crippen LogP contribution in [0.3, 0.4) is 0 Å². The van der Waals surface area contributed by atoms with Crippen LogP contribution in [-0.4, -0.2) is 76.1 Å². The van der Waals surface area contributed by atoms with Crippen LogP contribution in [0.1, 0.15) is 31.2 Å². The molecule has 5 rings (SSSR count). The van der Waals surface area contributed by atoms with Gasteiger partial charge in [0.05, 0.1) is 23.4 Å². The van der Waals surface area contributed by atoms with Crippen LogP contribution in [0.2, 0.25) is 0 Å². The Morgan fingerprint density at radius 1 is 1.10 bits per heavy atom. The van der Waals surface area contributed by atoms with Crippen LogP contribution in [-0.2, 0) is 20.8 Å². The van der Waals surface area contributed by atoms with Crippen LogP contribution in [0.5, 0.6) is 0 Å². The van der Waals surface area contributed by atoms with Crippen molar-refractivity contribution >= 4 is 34.3 Å². The molecule has 10 heteroatoms. The minimum atomic E-state index is -1.20. The molecule has 6 N–H and O–H groups in total. The molecular weight excluding hydrogens is 508 g/mol. The fourth-order valence-electron chi connectivity index (χ4n) is 5.51. The van der Waals surface area contributed by atoms with Crippen molar-refractivity contribution in [1.82, 2.24) is 20.5 Å². The molecule has 2 aromatic carbocycles. The van der Waals surface area contributed by atoms with Gasteiger partial charge in [0.2, 0.25) is 17.7 Å². The molecule has 2 saturated heterocycles. The van der Waals surface area contributed by atoms with E-state index in [0.29, 0.717) is 25.1 Å². The normalized spacial score (nSPS) is 23.5. The molecule has 3 aromatic rings. The largest absolute Gasteiger partial charge is 0.383 e. The lowest BCUT2D eigenvalue weighted by Gasteiger charge is -2.32. The molecule has 3 amide bonds. The first-order chi connectivity index (χ1) is 19.4. The van der Waals surface area contributed by atoms with E-state index in [0.717, 1.165) is 22.9 Å². The van der Waals surface area contributed by atoms with E-state index in [9.17, 15) is 19.5 Å². The summed E-state index contributed by atoms with van der Waals surface area (Å²) >= 11 is 0. The Bertz CT molecular complexity index is 1350. The Hall–Kier alpha value is -3.86. The number of aliphatic hydroxyl groups is 1. The van der Waals surface area contributed by atoms with Crippen LogP contribution >= 0.6 is 0 Å². The summed E-state index contributed by atoms with van der Waals surface area (Å²) in [6, 6.07) is 17.2. The molecule has 2 aliphatic rings. The van der Waals surface area contributed by atoms with E-state index in [1.165, 1.54) is 4.90 Å². The lowest BCUT2D eigenvalue weighted by Crippen LogP contribution is -2.55. The summed E-state index contributed by atoms with van der Waals surface area (Å²) in [6.07, 6.45) is 2.71. The van der Waals surface area contributed by atoms with Gasteiger partial charge in [0.1, 0.15) is 12.1 Å². The number of aliphatic hydroxyl groups excluding tert-OH is 1. The van der Waals surface area contributed by atoms with E-state index in [1.807, 2.05) is 60.7 Å². The fraction of sp³-hybridized carbons (Fsp3) is 0.400. The Labute approximate surface area is 233 Å². The molecule has 2 aliphatic heterocycles. The molecule has 210 valence electrons. The third-order valence-electron chi connectivity index (χ3n) is 7.69. The van der Waals surface area contributed by atoms with Crippen molar-refractivity contribution in [1.29, 1.82) is 0 Å². The second kappa shape index (κ2) is 12.5. The van der Waals surface area contributed by atoms with Gasteiger partial charge in [0, 0.05) is 24.0 Å². The van der Waals surface area contributed by atoms with Crippen LogP contribution in [0.15, 0.2) is 66.9 Å². The molecular formula is C30H36N6O4. The van der Waals surface area contributed by atoms with Crippen molar-refractivity contribution in [2.45, 2.75) is 62.4 Å². The number of para-hydroxylation sites is 1. The SMILES string of the molecule is NC1CCNC(C(=O)N2CC(NC(=O)C(O)CCc3ccccc3)CC2C(=O)Nc2cnc3ccccc3c2)C1. The fourth-order valence-corrected chi connectivity index (χ4v) is 5.51. The van der Waals surface area contributed by atoms with Crippen LogP contribution in [0, 0.1) is 0 Å². The van der Waals surface area contributed by atoms with Gasteiger partial charge in [0.25, 0.3) is 0 Å². The van der Waals surface area contributed by atoms with E-state index in [4.69, 9.17) is 5.73 Å². The molecule has 0 spiro atoms. The van der Waals surface area contributed by atoms with Crippen molar-refractivity contribution in [3.05, 3.63) is 72.4 Å². The number of nitrogens with two attached hydrogens (primary N) is 1. The summed E-state index contributed by atoms with van der Waals surface area (Å²) in [5, 5.41) is 20.4. The van der Waals surface area contributed by atoms with Crippen molar-refractivity contribution < 1.29 is 19.5 Å². The number of aromatic nitrogens is 1. The number of nitrogens with one attached hydrogen (secondary N) is 3. The number of anilines is 1. The van der Waals surface area contributed by atoms with Gasteiger partial charge in [-0.25, -0.2) is 0 Å². The maximum atomic E-state index is 13.6. The molecule has 0 aliphatic carbocycles. The molecule has 1 aromatic heterocycles. The Morgan fingerprint density at radius 3 is 2.67 bits per heavy atom. The highest BCUT2D eigenvalue weighted by molar-refractivity contribution is 5.99. The Kier molecular flexibility index (Phi) is 8.69. The molecule has 0 saturated carbocycles. The average molecular weight is 545 g/mol. The highest BCUT2D eigenvalue weighted by Gasteiger charge is 2.43. The molecule has 0 radical (unpaired) electrons. The summed E-state index contributed by atoms with van der Waals surface area (Å²) in [4.78, 5) is 45.8. The number of pyridine rings is 1. The predicted molar refractivity (Wildman–Crippen MR) is 152 cm³/mol. The zero-order chi connectivity index (χ0) is 28.1. The van der Waals surface area contributed by atoms with Gasteiger partial charge in [-0.15, -0.1) is 0 Å². The van der Waals surface area contributed by atoms with Gasteiger partial charge in [-0.3, -0.25) is 19.4 Å². The monoisotopic (exact) mass is 544 g/mol. The van der Waals surface area contributed by atoms with Crippen molar-refractivity contribution in [2.75, 3.05) is 18.4 Å². The van der Waals surface area contributed by atoms with Gasteiger partial charge in [0.15, 0.2) is 0 Å². The number of rotatable bonds is 8. The van der Waals surface area contributed by atoms with Crippen molar-refractivity contribution in [3.63, 3.8) is 0 Å². The standard InChI is InChI=1S/C30H36N6O4/c31-21-12-13-32-25(15-21)30(40)36-18-23(35-29(39)27(37)11-10-19-6-2-1-3-7-19)16-26(36)28(38)34-22-14-20-8-4-5-9-24(20)33-17-22/h1-9,14,17,21,23,25-27,32,37H,10-13,15-16,18,31H2,(H,34,38)(H,35,39). The Balaban J connectivity index is 1.27. The summed E-state index contributed by atoms with van der Waals surface area (Å²) in [5.41, 5.74) is 8.49. The smallest absolute Gasteiger partial charge is 0.249 e. The summed E-state index contributed by atoms with van der Waals surface area (Å²) in [6.45, 7) is 0.788. The number of hydrogen-bond donors (Lipinski definition) is 5. The molecule has 0 bridgehead atoms. The van der Waals surface area contributed by atoms with Crippen LogP contribution in [0.4, 0.5) is 5.69 Å². The van der Waals surface area contributed by atoms with E-state index >= 15 is 0 Å². The van der Waals surface area contributed by atoms with Crippen LogP contribution < -0.4 is 21.7 Å². The number of fused-ring (bicyclic) bond motifs is 1. The van der Waals surface area contributed by atoms with Crippen molar-refractivity contribution in [2.24, 2.45) is 5.73 Å². The highest BCUT2D eigenvalue weighted by atomic mass is 16.3. The maximum absolute atomic E-state index is 13.6. The zero-order valence-electron chi connectivity index (χ0n) is 22.3.